The Kier molecular flexibility index (Phi) is 3.16. The van der Waals surface area contributed by atoms with E-state index in [1.807, 2.05) is 24.5 Å². The molecule has 0 unspecified atom stereocenters. The molecule has 17 heavy (non-hydrogen) atoms. The zero-order valence-corrected chi connectivity index (χ0v) is 10.5. The minimum Gasteiger partial charge on any atom is -0.330 e. The standard InChI is InChI=1S/C13H12ClN3/c1-9-10(2)17(8-16-9)7-12-4-3-11(6-15)5-13(12)14/h3-5,8H,7H2,1-2H3. The van der Waals surface area contributed by atoms with Gasteiger partial charge in [0.25, 0.3) is 0 Å². The zero-order valence-electron chi connectivity index (χ0n) is 9.74. The van der Waals surface area contributed by atoms with Crippen LogP contribution in [0.1, 0.15) is 22.5 Å². The Labute approximate surface area is 105 Å². The Morgan fingerprint density at radius 3 is 2.71 bits per heavy atom. The van der Waals surface area contributed by atoms with Crippen molar-refractivity contribution < 1.29 is 0 Å². The maximum absolute atomic E-state index is 8.77. The van der Waals surface area contributed by atoms with Crippen molar-refractivity contribution in [3.05, 3.63) is 52.1 Å². The van der Waals surface area contributed by atoms with Crippen LogP contribution in [0.2, 0.25) is 5.02 Å². The van der Waals surface area contributed by atoms with Gasteiger partial charge in [-0.05, 0) is 31.5 Å². The van der Waals surface area contributed by atoms with E-state index in [1.165, 1.54) is 0 Å². The minimum absolute atomic E-state index is 0.581. The first-order valence-electron chi connectivity index (χ1n) is 5.28. The van der Waals surface area contributed by atoms with Crippen LogP contribution >= 0.6 is 11.6 Å². The molecule has 86 valence electrons. The largest absolute Gasteiger partial charge is 0.330 e. The van der Waals surface area contributed by atoms with Gasteiger partial charge in [0.15, 0.2) is 0 Å². The molecular formula is C13H12ClN3. The quantitative estimate of drug-likeness (QED) is 0.816. The lowest BCUT2D eigenvalue weighted by Crippen LogP contribution is -2.01. The van der Waals surface area contributed by atoms with Gasteiger partial charge in [0.05, 0.1) is 30.2 Å². The summed E-state index contributed by atoms with van der Waals surface area (Å²) >= 11 is 6.13. The van der Waals surface area contributed by atoms with Crippen LogP contribution in [0.25, 0.3) is 0 Å². The number of halogens is 1. The van der Waals surface area contributed by atoms with E-state index in [2.05, 4.69) is 11.1 Å². The first kappa shape index (κ1) is 11.7. The third-order valence-electron chi connectivity index (χ3n) is 2.87. The Hall–Kier alpha value is -1.79. The van der Waals surface area contributed by atoms with Gasteiger partial charge >= 0.3 is 0 Å². The average molecular weight is 246 g/mol. The normalized spacial score (nSPS) is 10.2. The second-order valence-corrected chi connectivity index (χ2v) is 4.37. The minimum atomic E-state index is 0.581. The fourth-order valence-electron chi connectivity index (χ4n) is 1.63. The predicted octanol–water partition coefficient (Wildman–Crippen LogP) is 3.07. The van der Waals surface area contributed by atoms with E-state index >= 15 is 0 Å². The van der Waals surface area contributed by atoms with E-state index in [4.69, 9.17) is 16.9 Å². The van der Waals surface area contributed by atoms with Crippen LogP contribution in [-0.4, -0.2) is 9.55 Å². The van der Waals surface area contributed by atoms with Gasteiger partial charge in [-0.3, -0.25) is 0 Å². The highest BCUT2D eigenvalue weighted by atomic mass is 35.5. The van der Waals surface area contributed by atoms with Crippen molar-refractivity contribution in [2.24, 2.45) is 0 Å². The third-order valence-corrected chi connectivity index (χ3v) is 3.22. The third kappa shape index (κ3) is 2.32. The van der Waals surface area contributed by atoms with Crippen LogP contribution in [-0.2, 0) is 6.54 Å². The molecule has 0 atom stereocenters. The molecule has 1 heterocycles. The molecule has 0 spiro atoms. The molecule has 0 aliphatic heterocycles. The Morgan fingerprint density at radius 1 is 1.41 bits per heavy atom. The van der Waals surface area contributed by atoms with Crippen molar-refractivity contribution in [3.8, 4) is 6.07 Å². The summed E-state index contributed by atoms with van der Waals surface area (Å²) < 4.78 is 2.04. The summed E-state index contributed by atoms with van der Waals surface area (Å²) in [5, 5.41) is 9.39. The van der Waals surface area contributed by atoms with Crippen molar-refractivity contribution in [2.75, 3.05) is 0 Å². The van der Waals surface area contributed by atoms with Gasteiger partial charge in [0.2, 0.25) is 0 Å². The number of nitrogens with zero attached hydrogens (tertiary/aromatic N) is 3. The molecule has 0 N–H and O–H groups in total. The van der Waals surface area contributed by atoms with E-state index < -0.39 is 0 Å². The highest BCUT2D eigenvalue weighted by Gasteiger charge is 2.06. The lowest BCUT2D eigenvalue weighted by molar-refractivity contribution is 0.769. The molecule has 0 aliphatic carbocycles. The maximum Gasteiger partial charge on any atom is 0.0992 e. The van der Waals surface area contributed by atoms with Crippen LogP contribution in [0.15, 0.2) is 24.5 Å². The fraction of sp³-hybridized carbons (Fsp3) is 0.231. The van der Waals surface area contributed by atoms with Crippen molar-refractivity contribution >= 4 is 11.6 Å². The summed E-state index contributed by atoms with van der Waals surface area (Å²) in [5.74, 6) is 0. The van der Waals surface area contributed by atoms with Crippen molar-refractivity contribution in [2.45, 2.75) is 20.4 Å². The van der Waals surface area contributed by atoms with Crippen LogP contribution in [0.3, 0.4) is 0 Å². The number of hydrogen-bond donors (Lipinski definition) is 0. The van der Waals surface area contributed by atoms with Crippen molar-refractivity contribution in [1.82, 2.24) is 9.55 Å². The second kappa shape index (κ2) is 4.60. The van der Waals surface area contributed by atoms with Crippen LogP contribution < -0.4 is 0 Å². The molecule has 0 fully saturated rings. The number of imidazole rings is 1. The highest BCUT2D eigenvalue weighted by molar-refractivity contribution is 6.31. The predicted molar refractivity (Wildman–Crippen MR) is 67.0 cm³/mol. The molecule has 0 radical (unpaired) electrons. The molecule has 2 rings (SSSR count). The van der Waals surface area contributed by atoms with Gasteiger partial charge in [-0.1, -0.05) is 17.7 Å². The summed E-state index contributed by atoms with van der Waals surface area (Å²) in [4.78, 5) is 4.24. The Balaban J connectivity index is 2.31. The molecule has 0 saturated carbocycles. The summed E-state index contributed by atoms with van der Waals surface area (Å²) in [6.45, 7) is 4.68. The van der Waals surface area contributed by atoms with Gasteiger partial charge in [-0.2, -0.15) is 5.26 Å². The summed E-state index contributed by atoms with van der Waals surface area (Å²) in [6, 6.07) is 7.42. The smallest absolute Gasteiger partial charge is 0.0992 e. The molecule has 2 aromatic rings. The summed E-state index contributed by atoms with van der Waals surface area (Å²) in [5.41, 5.74) is 3.73. The first-order chi connectivity index (χ1) is 8.11. The number of hydrogen-bond acceptors (Lipinski definition) is 2. The lowest BCUT2D eigenvalue weighted by atomic mass is 10.1. The van der Waals surface area contributed by atoms with E-state index in [0.29, 0.717) is 17.1 Å². The van der Waals surface area contributed by atoms with E-state index in [0.717, 1.165) is 17.0 Å². The number of nitriles is 1. The Bertz CT molecular complexity index is 593. The molecule has 4 heteroatoms. The van der Waals surface area contributed by atoms with E-state index in [-0.39, 0.29) is 0 Å². The highest BCUT2D eigenvalue weighted by Crippen LogP contribution is 2.19. The number of aryl methyl sites for hydroxylation is 1. The van der Waals surface area contributed by atoms with Crippen LogP contribution in [0, 0.1) is 25.2 Å². The molecule has 1 aromatic carbocycles. The van der Waals surface area contributed by atoms with Gasteiger partial charge in [0.1, 0.15) is 0 Å². The Morgan fingerprint density at radius 2 is 2.18 bits per heavy atom. The van der Waals surface area contributed by atoms with Crippen molar-refractivity contribution in [3.63, 3.8) is 0 Å². The van der Waals surface area contributed by atoms with E-state index in [9.17, 15) is 0 Å². The van der Waals surface area contributed by atoms with Crippen molar-refractivity contribution in [1.29, 1.82) is 5.26 Å². The van der Waals surface area contributed by atoms with Gasteiger partial charge in [0, 0.05) is 10.7 Å². The average Bonchev–Trinajstić information content (AvgIpc) is 2.63. The number of rotatable bonds is 2. The monoisotopic (exact) mass is 245 g/mol. The van der Waals surface area contributed by atoms with Crippen LogP contribution in [0.5, 0.6) is 0 Å². The first-order valence-corrected chi connectivity index (χ1v) is 5.66. The van der Waals surface area contributed by atoms with Crippen LogP contribution in [0.4, 0.5) is 0 Å². The molecule has 0 aliphatic rings. The van der Waals surface area contributed by atoms with Gasteiger partial charge in [-0.15, -0.1) is 0 Å². The second-order valence-electron chi connectivity index (χ2n) is 3.96. The molecule has 0 saturated heterocycles. The summed E-state index contributed by atoms with van der Waals surface area (Å²) in [6.07, 6.45) is 1.80. The maximum atomic E-state index is 8.77. The SMILES string of the molecule is Cc1ncn(Cc2ccc(C#N)cc2Cl)c1C. The molecule has 1 aromatic heterocycles. The van der Waals surface area contributed by atoms with Gasteiger partial charge in [-0.25, -0.2) is 4.98 Å². The lowest BCUT2D eigenvalue weighted by Gasteiger charge is -2.07. The molecule has 3 nitrogen and oxygen atoms in total. The molecule has 0 amide bonds. The number of aromatic nitrogens is 2. The summed E-state index contributed by atoms with van der Waals surface area (Å²) in [7, 11) is 0. The fourth-order valence-corrected chi connectivity index (χ4v) is 1.87. The number of benzene rings is 1. The topological polar surface area (TPSA) is 41.6 Å². The van der Waals surface area contributed by atoms with E-state index in [1.54, 1.807) is 18.5 Å². The molecular weight excluding hydrogens is 234 g/mol. The molecule has 0 bridgehead atoms. The van der Waals surface area contributed by atoms with Gasteiger partial charge < -0.3 is 4.57 Å². The zero-order chi connectivity index (χ0) is 12.4.